The summed E-state index contributed by atoms with van der Waals surface area (Å²) < 4.78 is 12.0. The van der Waals surface area contributed by atoms with Gasteiger partial charge < -0.3 is 29.2 Å². The third-order valence-corrected chi connectivity index (χ3v) is 13.0. The predicted octanol–water partition coefficient (Wildman–Crippen LogP) is 4.32. The van der Waals surface area contributed by atoms with Gasteiger partial charge in [0.05, 0.1) is 44.0 Å². The van der Waals surface area contributed by atoms with E-state index >= 15 is 0 Å². The number of rotatable bonds is 7. The summed E-state index contributed by atoms with van der Waals surface area (Å²) >= 11 is 0. The first kappa shape index (κ1) is 31.6. The number of aliphatic hydroxyl groups excluding tert-OH is 1. The van der Waals surface area contributed by atoms with Gasteiger partial charge in [0.25, 0.3) is 5.91 Å². The van der Waals surface area contributed by atoms with Crippen molar-refractivity contribution in [1.82, 2.24) is 4.90 Å². The van der Waals surface area contributed by atoms with Gasteiger partial charge in [-0.2, -0.15) is 0 Å². The fourth-order valence-electron chi connectivity index (χ4n) is 8.31. The van der Waals surface area contributed by atoms with Gasteiger partial charge >= 0.3 is 6.09 Å². The number of fused-ring (bicyclic) bond motifs is 3. The number of cyclic esters (lactones) is 1. The minimum Gasteiger partial charge on any atom is -0.447 e. The number of carbonyl (C=O) groups excluding carboxylic acids is 3. The van der Waals surface area contributed by atoms with Crippen molar-refractivity contribution in [2.75, 3.05) is 29.6 Å². The van der Waals surface area contributed by atoms with E-state index in [2.05, 4.69) is 0 Å². The van der Waals surface area contributed by atoms with Crippen molar-refractivity contribution in [3.05, 3.63) is 95.1 Å². The summed E-state index contributed by atoms with van der Waals surface area (Å²) in [7, 11) is -2.97. The molecule has 1 spiro atoms. The summed E-state index contributed by atoms with van der Waals surface area (Å²) in [6.07, 6.45) is -0.483. The van der Waals surface area contributed by atoms with E-state index in [0.717, 1.165) is 33.6 Å². The van der Waals surface area contributed by atoms with Crippen LogP contribution in [0.1, 0.15) is 35.6 Å². The van der Waals surface area contributed by atoms with Crippen molar-refractivity contribution in [3.63, 3.8) is 0 Å². The van der Waals surface area contributed by atoms with Crippen molar-refractivity contribution in [1.29, 1.82) is 0 Å². The molecule has 4 aliphatic rings. The first-order chi connectivity index (χ1) is 22.5. The monoisotopic (exact) mass is 655 g/mol. The third kappa shape index (κ3) is 5.25. The number of hydrogen-bond acceptors (Lipinski definition) is 7. The van der Waals surface area contributed by atoms with Gasteiger partial charge in [-0.15, -0.1) is 0 Å². The van der Waals surface area contributed by atoms with Gasteiger partial charge in [0.2, 0.25) is 5.91 Å². The molecule has 11 heteroatoms. The number of amides is 3. The van der Waals surface area contributed by atoms with Crippen LogP contribution >= 0.6 is 0 Å². The Morgan fingerprint density at radius 3 is 2.38 bits per heavy atom. The second kappa shape index (κ2) is 11.9. The van der Waals surface area contributed by atoms with E-state index in [1.807, 2.05) is 92.8 Å². The molecule has 5 atom stereocenters. The van der Waals surface area contributed by atoms with Crippen LogP contribution in [0.25, 0.3) is 0 Å². The van der Waals surface area contributed by atoms with E-state index in [0.29, 0.717) is 26.1 Å². The van der Waals surface area contributed by atoms with Crippen molar-refractivity contribution >= 4 is 37.6 Å². The Labute approximate surface area is 275 Å². The number of aliphatic hydroxyl groups is 1. The lowest BCUT2D eigenvalue weighted by molar-refractivity contribution is -0.151. The average molecular weight is 656 g/mol. The van der Waals surface area contributed by atoms with E-state index in [9.17, 15) is 24.3 Å². The highest BCUT2D eigenvalue weighted by Crippen LogP contribution is 2.59. The molecule has 2 fully saturated rings. The minimum absolute atomic E-state index is 0.00224. The van der Waals surface area contributed by atoms with Crippen LogP contribution in [0.2, 0.25) is 18.6 Å². The molecule has 7 rings (SSSR count). The van der Waals surface area contributed by atoms with E-state index in [-0.39, 0.29) is 43.5 Å². The molecule has 0 saturated carbocycles. The third-order valence-electron chi connectivity index (χ3n) is 10.5. The van der Waals surface area contributed by atoms with Gasteiger partial charge in [-0.1, -0.05) is 61.5 Å². The van der Waals surface area contributed by atoms with Gasteiger partial charge in [0.15, 0.2) is 13.9 Å². The average Bonchev–Trinajstić information content (AvgIpc) is 3.69. The number of hydrogen-bond donors (Lipinski definition) is 2. The molecule has 0 aromatic heterocycles. The number of benzene rings is 3. The molecule has 0 aliphatic carbocycles. The minimum atomic E-state index is -2.97. The van der Waals surface area contributed by atoms with Crippen LogP contribution in [0.3, 0.4) is 0 Å². The molecule has 3 amide bonds. The molecule has 2 saturated heterocycles. The van der Waals surface area contributed by atoms with Crippen molar-refractivity contribution in [2.24, 2.45) is 5.92 Å². The van der Waals surface area contributed by atoms with Crippen molar-refractivity contribution in [2.45, 2.75) is 69.2 Å². The van der Waals surface area contributed by atoms with Crippen LogP contribution in [-0.2, 0) is 44.2 Å². The molecule has 0 bridgehead atoms. The summed E-state index contributed by atoms with van der Waals surface area (Å²) in [6, 6.07) is 22.8. The highest BCUT2D eigenvalue weighted by atomic mass is 28.4. The Hall–Kier alpha value is -4.03. The lowest BCUT2D eigenvalue weighted by atomic mass is 9.82. The molecule has 3 aromatic carbocycles. The van der Waals surface area contributed by atoms with E-state index in [4.69, 9.17) is 9.47 Å². The maximum absolute atomic E-state index is 14.7. The lowest BCUT2D eigenvalue weighted by Crippen LogP contribution is -2.48. The fraction of sp³-hybridized carbons (Fsp3) is 0.417. The predicted molar refractivity (Wildman–Crippen MR) is 178 cm³/mol. The van der Waals surface area contributed by atoms with E-state index in [1.54, 1.807) is 14.7 Å². The zero-order chi connectivity index (χ0) is 33.1. The standard InChI is InChI=1S/C36H41N3O7Si/c1-23-33(47(2,3)44)31(19-32(41)38-21-26-9-5-4-8-25(26)18-28(38)22-40)46-36(23)29-10-6-7-11-30(29)39(34(36)42)20-24-12-14-27(15-13-24)37-16-17-45-35(37)43/h4-15,23,28,31,33,40,44H,16-22H2,1-3H3/t23-,28+,31+,33-,36+/m1/s1. The van der Waals surface area contributed by atoms with Crippen LogP contribution in [0, 0.1) is 5.92 Å². The van der Waals surface area contributed by atoms with Gasteiger partial charge in [-0.05, 0) is 54.4 Å². The van der Waals surface area contributed by atoms with Gasteiger partial charge in [-0.3, -0.25) is 14.5 Å². The molecule has 47 heavy (non-hydrogen) atoms. The van der Waals surface area contributed by atoms with E-state index in [1.165, 1.54) is 0 Å². The second-order valence-electron chi connectivity index (χ2n) is 13.7. The summed E-state index contributed by atoms with van der Waals surface area (Å²) in [5.41, 5.74) is 3.53. The molecule has 10 nitrogen and oxygen atoms in total. The van der Waals surface area contributed by atoms with Gasteiger partial charge in [0, 0.05) is 29.3 Å². The number of nitrogens with zero attached hydrogens (tertiary/aromatic N) is 3. The normalized spacial score (nSPS) is 27.0. The first-order valence-corrected chi connectivity index (χ1v) is 19.4. The van der Waals surface area contributed by atoms with Crippen LogP contribution < -0.4 is 9.80 Å². The maximum Gasteiger partial charge on any atom is 0.414 e. The number of carbonyl (C=O) groups is 3. The maximum atomic E-state index is 14.7. The van der Waals surface area contributed by atoms with E-state index < -0.39 is 31.5 Å². The molecule has 4 heterocycles. The number of ether oxygens (including phenoxy) is 2. The summed E-state index contributed by atoms with van der Waals surface area (Å²) in [6.45, 7) is 7.05. The topological polar surface area (TPSA) is 120 Å². The molecule has 0 unspecified atom stereocenters. The second-order valence-corrected chi connectivity index (χ2v) is 17.7. The van der Waals surface area contributed by atoms with Crippen LogP contribution in [-0.4, -0.2) is 72.9 Å². The summed E-state index contributed by atoms with van der Waals surface area (Å²) in [5.74, 6) is -0.768. The Morgan fingerprint density at radius 2 is 1.70 bits per heavy atom. The van der Waals surface area contributed by atoms with Crippen molar-refractivity contribution in [3.8, 4) is 0 Å². The Morgan fingerprint density at radius 1 is 1.00 bits per heavy atom. The molecular formula is C36H41N3O7Si. The molecule has 3 aromatic rings. The smallest absolute Gasteiger partial charge is 0.414 e. The Bertz CT molecular complexity index is 1710. The summed E-state index contributed by atoms with van der Waals surface area (Å²) in [4.78, 5) is 57.5. The highest BCUT2D eigenvalue weighted by Gasteiger charge is 2.66. The fourth-order valence-corrected chi connectivity index (χ4v) is 10.9. The first-order valence-electron chi connectivity index (χ1n) is 16.3. The molecule has 0 radical (unpaired) electrons. The zero-order valence-corrected chi connectivity index (χ0v) is 28.0. The highest BCUT2D eigenvalue weighted by molar-refractivity contribution is 6.71. The molecule has 2 N–H and O–H groups in total. The summed E-state index contributed by atoms with van der Waals surface area (Å²) in [5, 5.41) is 10.2. The molecular weight excluding hydrogens is 614 g/mol. The number of anilines is 2. The van der Waals surface area contributed by atoms with Gasteiger partial charge in [0.1, 0.15) is 6.61 Å². The SMILES string of the molecule is C[C@@H]1[C@@H]([Si](C)(C)O)[C@H](CC(=O)N2Cc3ccccc3C[C@H]2CO)O[C@@]12C(=O)N(Cc1ccc(N3CCOC3=O)cc1)c1ccccc12. The van der Waals surface area contributed by atoms with Crippen molar-refractivity contribution < 1.29 is 33.8 Å². The zero-order valence-electron chi connectivity index (χ0n) is 27.0. The molecule has 246 valence electrons. The van der Waals surface area contributed by atoms with Crippen LogP contribution in [0.15, 0.2) is 72.8 Å². The lowest BCUT2D eigenvalue weighted by Gasteiger charge is -2.37. The van der Waals surface area contributed by atoms with Gasteiger partial charge in [-0.25, -0.2) is 4.79 Å². The largest absolute Gasteiger partial charge is 0.447 e. The number of para-hydroxylation sites is 1. The van der Waals surface area contributed by atoms with Crippen LogP contribution in [0.4, 0.5) is 16.2 Å². The Kier molecular flexibility index (Phi) is 7.98. The van der Waals surface area contributed by atoms with Crippen LogP contribution in [0.5, 0.6) is 0 Å². The molecule has 4 aliphatic heterocycles. The Balaban J connectivity index is 1.18. The quantitative estimate of drug-likeness (QED) is 0.364.